The maximum atomic E-state index is 11.0. The number of nitrogens with one attached hydrogen (secondary N) is 1. The molecule has 1 aromatic carbocycles. The van der Waals surface area contributed by atoms with Crippen LogP contribution in [0.1, 0.15) is 42.4 Å². The van der Waals surface area contributed by atoms with Crippen LogP contribution in [-0.2, 0) is 0 Å². The summed E-state index contributed by atoms with van der Waals surface area (Å²) in [7, 11) is 0. The van der Waals surface area contributed by atoms with Gasteiger partial charge in [0.05, 0.1) is 5.69 Å². The van der Waals surface area contributed by atoms with Gasteiger partial charge in [0, 0.05) is 12.2 Å². The molecule has 3 N–H and O–H groups in total. The van der Waals surface area contributed by atoms with Crippen LogP contribution in [0.4, 0.5) is 0 Å². The highest BCUT2D eigenvalue weighted by Gasteiger charge is 2.09. The molecule has 0 aliphatic rings. The van der Waals surface area contributed by atoms with Crippen molar-refractivity contribution in [2.45, 2.75) is 26.3 Å². The van der Waals surface area contributed by atoms with E-state index in [1.54, 1.807) is 16.9 Å². The number of nitrogens with two attached hydrogens (primary N) is 1. The van der Waals surface area contributed by atoms with E-state index < -0.39 is 5.91 Å². The van der Waals surface area contributed by atoms with Gasteiger partial charge in [0.1, 0.15) is 5.69 Å². The van der Waals surface area contributed by atoms with Gasteiger partial charge < -0.3 is 11.1 Å². The molecule has 2 rings (SSSR count). The molecule has 1 heterocycles. The van der Waals surface area contributed by atoms with Gasteiger partial charge in [-0.1, -0.05) is 26.0 Å². The summed E-state index contributed by atoms with van der Waals surface area (Å²) in [5.74, 6) is -0.515. The summed E-state index contributed by atoms with van der Waals surface area (Å²) < 4.78 is 1.65. The van der Waals surface area contributed by atoms with Crippen molar-refractivity contribution in [2.75, 3.05) is 6.54 Å². The Morgan fingerprint density at radius 1 is 1.30 bits per heavy atom. The summed E-state index contributed by atoms with van der Waals surface area (Å²) in [5.41, 5.74) is 7.63. The Balaban J connectivity index is 2.20. The monoisotopic (exact) mass is 272 g/mol. The van der Waals surface area contributed by atoms with Crippen molar-refractivity contribution in [1.82, 2.24) is 15.1 Å². The lowest BCUT2D eigenvalue weighted by Gasteiger charge is -2.16. The third-order valence-corrected chi connectivity index (χ3v) is 3.26. The van der Waals surface area contributed by atoms with Crippen LogP contribution in [0.2, 0.25) is 0 Å². The molecule has 1 atom stereocenters. The van der Waals surface area contributed by atoms with E-state index in [9.17, 15) is 4.79 Å². The van der Waals surface area contributed by atoms with Crippen molar-refractivity contribution in [3.63, 3.8) is 0 Å². The van der Waals surface area contributed by atoms with Crippen molar-refractivity contribution >= 4 is 5.91 Å². The predicted molar refractivity (Wildman–Crippen MR) is 78.8 cm³/mol. The summed E-state index contributed by atoms with van der Waals surface area (Å²) in [4.78, 5) is 11.0. The maximum Gasteiger partial charge on any atom is 0.269 e. The molecule has 5 nitrogen and oxygen atoms in total. The van der Waals surface area contributed by atoms with Gasteiger partial charge in [0.25, 0.3) is 5.91 Å². The number of hydrogen-bond donors (Lipinski definition) is 2. The van der Waals surface area contributed by atoms with Gasteiger partial charge in [-0.2, -0.15) is 5.10 Å². The number of hydrogen-bond acceptors (Lipinski definition) is 3. The van der Waals surface area contributed by atoms with Crippen molar-refractivity contribution in [1.29, 1.82) is 0 Å². The van der Waals surface area contributed by atoms with Crippen molar-refractivity contribution < 1.29 is 4.79 Å². The van der Waals surface area contributed by atoms with Gasteiger partial charge in [-0.3, -0.25) is 4.79 Å². The SMILES string of the molecule is CCNC(CC)c1ccc(-n2ccc(C(N)=O)n2)cc1. The predicted octanol–water partition coefficient (Wildman–Crippen LogP) is 2.03. The Morgan fingerprint density at radius 3 is 2.50 bits per heavy atom. The molecule has 0 spiro atoms. The highest BCUT2D eigenvalue weighted by molar-refractivity contribution is 5.90. The summed E-state index contributed by atoms with van der Waals surface area (Å²) in [6, 6.07) is 10.1. The van der Waals surface area contributed by atoms with Crippen molar-refractivity contribution in [3.05, 3.63) is 47.8 Å². The number of carbonyl (C=O) groups is 1. The average molecular weight is 272 g/mol. The number of benzene rings is 1. The van der Waals surface area contributed by atoms with Crippen LogP contribution in [0, 0.1) is 0 Å². The average Bonchev–Trinajstić information content (AvgIpc) is 2.95. The van der Waals surface area contributed by atoms with Gasteiger partial charge in [0.15, 0.2) is 0 Å². The Morgan fingerprint density at radius 2 is 2.00 bits per heavy atom. The van der Waals surface area contributed by atoms with Crippen LogP contribution < -0.4 is 11.1 Å². The maximum absolute atomic E-state index is 11.0. The lowest BCUT2D eigenvalue weighted by molar-refractivity contribution is 0.0995. The Kier molecular flexibility index (Phi) is 4.53. The summed E-state index contributed by atoms with van der Waals surface area (Å²) in [6.07, 6.45) is 2.78. The molecule has 5 heteroatoms. The largest absolute Gasteiger partial charge is 0.364 e. The first-order valence-electron chi connectivity index (χ1n) is 6.84. The zero-order chi connectivity index (χ0) is 14.5. The standard InChI is InChI=1S/C15H20N4O/c1-3-13(17-4-2)11-5-7-12(8-6-11)19-10-9-14(18-19)15(16)20/h5-10,13,17H,3-4H2,1-2H3,(H2,16,20). The number of amides is 1. The Labute approximate surface area is 118 Å². The van der Waals surface area contributed by atoms with E-state index >= 15 is 0 Å². The van der Waals surface area contributed by atoms with E-state index in [1.165, 1.54) is 5.56 Å². The molecule has 1 unspecified atom stereocenters. The first-order chi connectivity index (χ1) is 9.65. The third-order valence-electron chi connectivity index (χ3n) is 3.26. The molecule has 0 saturated heterocycles. The zero-order valence-electron chi connectivity index (χ0n) is 11.8. The molecular formula is C15H20N4O. The lowest BCUT2D eigenvalue weighted by Crippen LogP contribution is -2.19. The second-order valence-electron chi connectivity index (χ2n) is 4.62. The molecule has 0 aliphatic carbocycles. The van der Waals surface area contributed by atoms with Crippen LogP contribution in [-0.4, -0.2) is 22.2 Å². The Hall–Kier alpha value is -2.14. The quantitative estimate of drug-likeness (QED) is 0.845. The fraction of sp³-hybridized carbons (Fsp3) is 0.333. The molecule has 0 bridgehead atoms. The lowest BCUT2D eigenvalue weighted by atomic mass is 10.0. The second kappa shape index (κ2) is 6.34. The smallest absolute Gasteiger partial charge is 0.269 e. The highest BCUT2D eigenvalue weighted by Crippen LogP contribution is 2.18. The minimum absolute atomic E-state index is 0.271. The van der Waals surface area contributed by atoms with Gasteiger partial charge >= 0.3 is 0 Å². The molecular weight excluding hydrogens is 252 g/mol. The topological polar surface area (TPSA) is 72.9 Å². The van der Waals surface area contributed by atoms with E-state index in [4.69, 9.17) is 5.73 Å². The molecule has 1 amide bonds. The van der Waals surface area contributed by atoms with E-state index in [2.05, 4.69) is 36.4 Å². The van der Waals surface area contributed by atoms with E-state index in [0.29, 0.717) is 6.04 Å². The molecule has 2 aromatic rings. The van der Waals surface area contributed by atoms with Crippen LogP contribution in [0.15, 0.2) is 36.5 Å². The molecule has 0 radical (unpaired) electrons. The molecule has 106 valence electrons. The first kappa shape index (κ1) is 14.3. The van der Waals surface area contributed by atoms with Gasteiger partial charge in [-0.05, 0) is 36.7 Å². The van der Waals surface area contributed by atoms with Crippen LogP contribution in [0.5, 0.6) is 0 Å². The highest BCUT2D eigenvalue weighted by atomic mass is 16.1. The summed E-state index contributed by atoms with van der Waals surface area (Å²) >= 11 is 0. The zero-order valence-corrected chi connectivity index (χ0v) is 11.8. The van der Waals surface area contributed by atoms with Crippen LogP contribution in [0.25, 0.3) is 5.69 Å². The minimum atomic E-state index is -0.515. The second-order valence-corrected chi connectivity index (χ2v) is 4.62. The summed E-state index contributed by atoms with van der Waals surface area (Å²) in [5, 5.41) is 7.58. The molecule has 0 aliphatic heterocycles. The molecule has 1 aromatic heterocycles. The first-order valence-corrected chi connectivity index (χ1v) is 6.84. The molecule has 0 saturated carbocycles. The van der Waals surface area contributed by atoms with Gasteiger partial charge in [-0.25, -0.2) is 4.68 Å². The summed E-state index contributed by atoms with van der Waals surface area (Å²) in [6.45, 7) is 5.21. The van der Waals surface area contributed by atoms with Crippen LogP contribution >= 0.6 is 0 Å². The molecule has 0 fully saturated rings. The van der Waals surface area contributed by atoms with Gasteiger partial charge in [0.2, 0.25) is 0 Å². The third kappa shape index (κ3) is 3.05. The number of primary amides is 1. The van der Waals surface area contributed by atoms with E-state index in [-0.39, 0.29) is 5.69 Å². The van der Waals surface area contributed by atoms with Crippen molar-refractivity contribution in [2.24, 2.45) is 5.73 Å². The minimum Gasteiger partial charge on any atom is -0.364 e. The van der Waals surface area contributed by atoms with Gasteiger partial charge in [-0.15, -0.1) is 0 Å². The normalized spacial score (nSPS) is 12.3. The number of rotatable bonds is 6. The van der Waals surface area contributed by atoms with E-state index in [0.717, 1.165) is 18.7 Å². The molecule has 20 heavy (non-hydrogen) atoms. The number of aromatic nitrogens is 2. The fourth-order valence-corrected chi connectivity index (χ4v) is 2.20. The van der Waals surface area contributed by atoms with E-state index in [1.807, 2.05) is 12.1 Å². The number of nitrogens with zero attached hydrogens (tertiary/aromatic N) is 2. The number of carbonyl (C=O) groups excluding carboxylic acids is 1. The Bertz CT molecular complexity index is 574. The van der Waals surface area contributed by atoms with Crippen molar-refractivity contribution in [3.8, 4) is 5.69 Å². The van der Waals surface area contributed by atoms with Crippen LogP contribution in [0.3, 0.4) is 0 Å². The fourth-order valence-electron chi connectivity index (χ4n) is 2.20.